The van der Waals surface area contributed by atoms with Gasteiger partial charge in [-0.25, -0.2) is 4.79 Å². The highest BCUT2D eigenvalue weighted by molar-refractivity contribution is 5.90. The third kappa shape index (κ3) is 5.07. The molecule has 0 spiro atoms. The minimum Gasteiger partial charge on any atom is -0.493 e. The minimum absolute atomic E-state index is 0.172. The summed E-state index contributed by atoms with van der Waals surface area (Å²) in [5.41, 5.74) is 1.15. The summed E-state index contributed by atoms with van der Waals surface area (Å²) in [5.74, 6) is 0.0567. The molecule has 4 N–H and O–H groups in total. The Hall–Kier alpha value is -2.69. The van der Waals surface area contributed by atoms with Crippen molar-refractivity contribution in [3.05, 3.63) is 59.7 Å². The van der Waals surface area contributed by atoms with E-state index in [2.05, 4.69) is 0 Å². The van der Waals surface area contributed by atoms with Gasteiger partial charge in [-0.05, 0) is 23.8 Å². The summed E-state index contributed by atoms with van der Waals surface area (Å²) < 4.78 is 21.1. The van der Waals surface area contributed by atoms with Gasteiger partial charge in [0.05, 0.1) is 12.7 Å². The molecular weight excluding hydrogens is 396 g/mol. The van der Waals surface area contributed by atoms with Crippen LogP contribution in [0.3, 0.4) is 0 Å². The van der Waals surface area contributed by atoms with E-state index in [-0.39, 0.29) is 5.56 Å². The summed E-state index contributed by atoms with van der Waals surface area (Å²) in [4.78, 5) is 12.4. The topological polar surface area (TPSA) is 135 Å². The fourth-order valence-corrected chi connectivity index (χ4v) is 2.96. The zero-order valence-electron chi connectivity index (χ0n) is 16.2. The number of hydrogen-bond acceptors (Lipinski definition) is 9. The first-order valence-corrected chi connectivity index (χ1v) is 9.30. The molecule has 3 rings (SSSR count). The largest absolute Gasteiger partial charge is 0.493 e. The van der Waals surface area contributed by atoms with Gasteiger partial charge in [-0.2, -0.15) is 0 Å². The van der Waals surface area contributed by atoms with E-state index in [9.17, 15) is 25.2 Å². The maximum atomic E-state index is 12.4. The lowest BCUT2D eigenvalue weighted by molar-refractivity contribution is -0.286. The molecule has 2 aromatic carbocycles. The van der Waals surface area contributed by atoms with Crippen LogP contribution in [0, 0.1) is 0 Å². The Kier molecular flexibility index (Phi) is 7.24. The van der Waals surface area contributed by atoms with Crippen molar-refractivity contribution in [3.8, 4) is 11.5 Å². The van der Waals surface area contributed by atoms with Gasteiger partial charge in [-0.1, -0.05) is 30.3 Å². The summed E-state index contributed by atoms with van der Waals surface area (Å²) in [7, 11) is 1.44. The van der Waals surface area contributed by atoms with Crippen LogP contribution in [0.1, 0.15) is 15.9 Å². The van der Waals surface area contributed by atoms with Crippen molar-refractivity contribution < 1.29 is 44.2 Å². The van der Waals surface area contributed by atoms with Gasteiger partial charge in [0, 0.05) is 0 Å². The summed E-state index contributed by atoms with van der Waals surface area (Å²) in [5, 5.41) is 38.6. The molecule has 2 aromatic rings. The number of methoxy groups -OCH3 is 1. The smallest absolute Gasteiger partial charge is 0.338 e. The van der Waals surface area contributed by atoms with Crippen LogP contribution in [0.25, 0.3) is 0 Å². The fourth-order valence-electron chi connectivity index (χ4n) is 2.96. The molecule has 0 aromatic heterocycles. The number of carbonyl (C=O) groups excluding carboxylic acids is 1. The summed E-state index contributed by atoms with van der Waals surface area (Å²) in [6.07, 6.45) is -7.70. The molecule has 1 aliphatic rings. The van der Waals surface area contributed by atoms with E-state index in [0.717, 1.165) is 5.56 Å². The highest BCUT2D eigenvalue weighted by atomic mass is 16.6. The Morgan fingerprint density at radius 3 is 2.40 bits per heavy atom. The highest BCUT2D eigenvalue weighted by Crippen LogP contribution is 2.29. The zero-order chi connectivity index (χ0) is 21.7. The minimum atomic E-state index is -1.70. The molecule has 9 heteroatoms. The van der Waals surface area contributed by atoms with Crippen LogP contribution in [0.5, 0.6) is 11.5 Å². The van der Waals surface area contributed by atoms with Crippen LogP contribution in [-0.2, 0) is 16.1 Å². The number of esters is 1. The SMILES string of the molecule is COc1cc(C(=O)OC[C@H]2OC(O)[C@H](O)[C@@H](O)[C@@H]2O)ccc1OCc1ccccc1. The van der Waals surface area contributed by atoms with E-state index in [0.29, 0.717) is 18.1 Å². The first-order chi connectivity index (χ1) is 14.4. The Morgan fingerprint density at radius 1 is 0.967 bits per heavy atom. The van der Waals surface area contributed by atoms with Gasteiger partial charge in [0.15, 0.2) is 17.8 Å². The molecule has 0 amide bonds. The van der Waals surface area contributed by atoms with Crippen LogP contribution in [0.15, 0.2) is 48.5 Å². The second-order valence-electron chi connectivity index (χ2n) is 6.78. The molecule has 0 bridgehead atoms. The Labute approximate surface area is 173 Å². The average Bonchev–Trinajstić information content (AvgIpc) is 2.78. The van der Waals surface area contributed by atoms with E-state index in [1.807, 2.05) is 30.3 Å². The molecule has 1 aliphatic heterocycles. The summed E-state index contributed by atoms with van der Waals surface area (Å²) in [6.45, 7) is -0.107. The van der Waals surface area contributed by atoms with Crippen molar-refractivity contribution in [2.75, 3.05) is 13.7 Å². The van der Waals surface area contributed by atoms with Gasteiger partial charge in [0.2, 0.25) is 0 Å². The van der Waals surface area contributed by atoms with Crippen molar-refractivity contribution in [1.29, 1.82) is 0 Å². The lowest BCUT2D eigenvalue weighted by Crippen LogP contribution is -2.58. The maximum absolute atomic E-state index is 12.4. The number of benzene rings is 2. The van der Waals surface area contributed by atoms with Crippen LogP contribution >= 0.6 is 0 Å². The van der Waals surface area contributed by atoms with Gasteiger partial charge in [-0.15, -0.1) is 0 Å². The van der Waals surface area contributed by atoms with Crippen molar-refractivity contribution in [2.24, 2.45) is 0 Å². The highest BCUT2D eigenvalue weighted by Gasteiger charge is 2.43. The van der Waals surface area contributed by atoms with Gasteiger partial charge < -0.3 is 39.4 Å². The van der Waals surface area contributed by atoms with E-state index in [1.165, 1.54) is 19.2 Å². The van der Waals surface area contributed by atoms with Crippen molar-refractivity contribution in [2.45, 2.75) is 37.3 Å². The zero-order valence-corrected chi connectivity index (χ0v) is 16.2. The van der Waals surface area contributed by atoms with Gasteiger partial charge in [0.25, 0.3) is 0 Å². The molecule has 1 heterocycles. The predicted molar refractivity (Wildman–Crippen MR) is 103 cm³/mol. The van der Waals surface area contributed by atoms with Crippen molar-refractivity contribution in [3.63, 3.8) is 0 Å². The van der Waals surface area contributed by atoms with Gasteiger partial charge >= 0.3 is 5.97 Å². The normalized spacial score (nSPS) is 26.1. The Morgan fingerprint density at radius 2 is 1.70 bits per heavy atom. The second kappa shape index (κ2) is 9.88. The number of ether oxygens (including phenoxy) is 4. The van der Waals surface area contributed by atoms with E-state index < -0.39 is 43.3 Å². The second-order valence-corrected chi connectivity index (χ2v) is 6.78. The quantitative estimate of drug-likeness (QED) is 0.464. The standard InChI is InChI=1S/C21H24O9/c1-27-15-9-13(7-8-14(15)28-10-12-5-3-2-4-6-12)20(25)29-11-16-17(22)18(23)19(24)21(26)30-16/h2-9,16-19,21-24,26H,10-11H2,1H3/t16-,17-,18+,19-,21?/m1/s1. The molecule has 1 saturated heterocycles. The molecule has 0 saturated carbocycles. The third-order valence-corrected chi connectivity index (χ3v) is 4.70. The first-order valence-electron chi connectivity index (χ1n) is 9.30. The number of hydrogen-bond donors (Lipinski definition) is 4. The summed E-state index contributed by atoms with van der Waals surface area (Å²) >= 11 is 0. The molecule has 0 radical (unpaired) electrons. The third-order valence-electron chi connectivity index (χ3n) is 4.70. The number of carbonyl (C=O) groups is 1. The maximum Gasteiger partial charge on any atom is 0.338 e. The Bertz CT molecular complexity index is 842. The average molecular weight is 420 g/mol. The van der Waals surface area contributed by atoms with E-state index in [1.54, 1.807) is 6.07 Å². The molecule has 0 aliphatic carbocycles. The van der Waals surface area contributed by atoms with Crippen molar-refractivity contribution in [1.82, 2.24) is 0 Å². The molecule has 162 valence electrons. The lowest BCUT2D eigenvalue weighted by atomic mass is 9.99. The fraction of sp³-hybridized carbons (Fsp3) is 0.381. The molecule has 9 nitrogen and oxygen atoms in total. The van der Waals surface area contributed by atoms with Crippen LogP contribution in [-0.4, -0.2) is 70.8 Å². The molecule has 30 heavy (non-hydrogen) atoms. The van der Waals surface area contributed by atoms with Crippen LogP contribution in [0.4, 0.5) is 0 Å². The number of aliphatic hydroxyl groups is 4. The van der Waals surface area contributed by atoms with E-state index >= 15 is 0 Å². The number of rotatable bonds is 7. The number of aliphatic hydroxyl groups excluding tert-OH is 4. The molecule has 5 atom stereocenters. The molecular formula is C21H24O9. The van der Waals surface area contributed by atoms with Crippen LogP contribution in [0.2, 0.25) is 0 Å². The lowest BCUT2D eigenvalue weighted by Gasteiger charge is -2.37. The van der Waals surface area contributed by atoms with Gasteiger partial charge in [0.1, 0.15) is 37.6 Å². The Balaban J connectivity index is 1.60. The van der Waals surface area contributed by atoms with Crippen LogP contribution < -0.4 is 9.47 Å². The monoisotopic (exact) mass is 420 g/mol. The van der Waals surface area contributed by atoms with E-state index in [4.69, 9.17) is 18.9 Å². The molecule has 1 fully saturated rings. The van der Waals surface area contributed by atoms with Gasteiger partial charge in [-0.3, -0.25) is 0 Å². The van der Waals surface area contributed by atoms with Crippen molar-refractivity contribution >= 4 is 5.97 Å². The predicted octanol–water partition coefficient (Wildman–Crippen LogP) is 0.231. The summed E-state index contributed by atoms with van der Waals surface area (Å²) in [6, 6.07) is 14.1. The molecule has 1 unspecified atom stereocenters. The first kappa shape index (κ1) is 22.0.